The molecule has 2 aromatic rings. The number of allylic oxidation sites excluding steroid dienone is 1. The van der Waals surface area contributed by atoms with Crippen LogP contribution in [0.3, 0.4) is 0 Å². The zero-order valence-corrected chi connectivity index (χ0v) is 26.6. The van der Waals surface area contributed by atoms with Crippen molar-refractivity contribution in [3.63, 3.8) is 0 Å². The van der Waals surface area contributed by atoms with Gasteiger partial charge in [-0.1, -0.05) is 62.3 Å². The summed E-state index contributed by atoms with van der Waals surface area (Å²) in [7, 11) is -1.40. The highest BCUT2D eigenvalue weighted by Crippen LogP contribution is 2.43. The highest BCUT2D eigenvalue weighted by Gasteiger charge is 2.45. The topological polar surface area (TPSA) is 53.0 Å². The Morgan fingerprint density at radius 1 is 0.675 bits per heavy atom. The third-order valence-corrected chi connectivity index (χ3v) is 11.1. The highest BCUT2D eigenvalue weighted by atomic mass is 15.5. The predicted molar refractivity (Wildman–Crippen MR) is 167 cm³/mol. The van der Waals surface area contributed by atoms with Gasteiger partial charge in [0, 0.05) is 23.6 Å². The van der Waals surface area contributed by atoms with Gasteiger partial charge in [-0.25, -0.2) is 15.1 Å². The number of hydrogen-bond donors (Lipinski definition) is 0. The third-order valence-electron chi connectivity index (χ3n) is 11.1. The molecule has 6 atom stereocenters. The van der Waals surface area contributed by atoms with Crippen molar-refractivity contribution < 1.29 is 0 Å². The molecule has 0 aromatic carbocycles. The van der Waals surface area contributed by atoms with Gasteiger partial charge in [-0.05, 0) is 97.6 Å². The van der Waals surface area contributed by atoms with E-state index in [2.05, 4.69) is 95.0 Å². The highest BCUT2D eigenvalue weighted by molar-refractivity contribution is 6.52. The molecule has 6 nitrogen and oxygen atoms in total. The predicted octanol–water partition coefficient (Wildman–Crippen LogP) is 7.06. The van der Waals surface area contributed by atoms with E-state index < -0.39 is 7.12 Å². The van der Waals surface area contributed by atoms with Crippen LogP contribution in [-0.2, 0) is 0 Å². The lowest BCUT2D eigenvalue weighted by Gasteiger charge is -2.28. The molecule has 0 N–H and O–H groups in total. The molecule has 1 radical (unpaired) electrons. The fourth-order valence-electron chi connectivity index (χ4n) is 8.35. The van der Waals surface area contributed by atoms with E-state index >= 15 is 0 Å². The van der Waals surface area contributed by atoms with Crippen molar-refractivity contribution in [2.45, 2.75) is 125 Å². The van der Waals surface area contributed by atoms with E-state index in [1.54, 1.807) is 0 Å². The molecule has 3 heterocycles. The fraction of sp³-hybridized carbons (Fsp3) is 0.727. The largest absolute Gasteiger partial charge is 0.400 e. The Labute approximate surface area is 242 Å². The molecule has 0 saturated heterocycles. The molecule has 4 aliphatic rings. The Bertz CT molecular complexity index is 1230. The minimum Gasteiger partial charge on any atom is -0.400 e. The molecule has 7 heteroatoms. The van der Waals surface area contributed by atoms with Crippen molar-refractivity contribution >= 4 is 12.8 Å². The van der Waals surface area contributed by atoms with Crippen LogP contribution in [0.2, 0.25) is 0 Å². The van der Waals surface area contributed by atoms with Gasteiger partial charge in [0.2, 0.25) is 0 Å². The number of nitrogens with zero attached hydrogens (tertiary/aromatic N) is 6. The quantitative estimate of drug-likeness (QED) is 0.367. The summed E-state index contributed by atoms with van der Waals surface area (Å²) in [4.78, 5) is 2.29. The number of aromatic nitrogens is 4. The average Bonchev–Trinajstić information content (AvgIpc) is 3.63. The molecule has 0 spiro atoms. The van der Waals surface area contributed by atoms with Gasteiger partial charge in [-0.2, -0.15) is 0 Å². The van der Waals surface area contributed by atoms with Gasteiger partial charge >= 0.3 is 7.12 Å². The molecule has 3 aliphatic carbocycles. The fourth-order valence-corrected chi connectivity index (χ4v) is 8.35. The van der Waals surface area contributed by atoms with Gasteiger partial charge in [0.15, 0.2) is 0 Å². The second kappa shape index (κ2) is 10.5. The van der Waals surface area contributed by atoms with Crippen molar-refractivity contribution in [2.24, 2.45) is 29.6 Å². The first-order valence-electron chi connectivity index (χ1n) is 16.5. The van der Waals surface area contributed by atoms with Crippen LogP contribution >= 0.6 is 0 Å². The van der Waals surface area contributed by atoms with Crippen LogP contribution in [0.15, 0.2) is 24.2 Å². The zero-order valence-electron chi connectivity index (χ0n) is 26.6. The SMILES string of the molecule is CC(C)[C@H]1CC[C@@H](C)C2=CN([BH-](n3cc4c(n3)[C@@H](C(C)C)CC[C@H]4C)n3cc4c(n3)[C@@H](C(C)C)CC[C@H]4C)[N+]=C21. The maximum atomic E-state index is 5.45. The maximum absolute atomic E-state index is 5.45. The number of hydrogen-bond acceptors (Lipinski definition) is 4. The molecule has 1 aliphatic heterocycles. The smallest absolute Gasteiger partial charge is 0.374 e. The first kappa shape index (κ1) is 27.8. The molecule has 0 bridgehead atoms. The van der Waals surface area contributed by atoms with E-state index in [-0.39, 0.29) is 0 Å². The monoisotopic (exact) mass is 543 g/mol. The van der Waals surface area contributed by atoms with Gasteiger partial charge < -0.3 is 9.19 Å². The van der Waals surface area contributed by atoms with Crippen LogP contribution in [0.5, 0.6) is 0 Å². The summed E-state index contributed by atoms with van der Waals surface area (Å²) in [5.41, 5.74) is 8.29. The van der Waals surface area contributed by atoms with Crippen LogP contribution in [0.1, 0.15) is 147 Å². The Hall–Kier alpha value is -2.31. The van der Waals surface area contributed by atoms with Crippen LogP contribution in [0, 0.1) is 29.6 Å². The molecule has 1 fully saturated rings. The molecule has 217 valence electrons. The zero-order chi connectivity index (χ0) is 28.5. The van der Waals surface area contributed by atoms with Crippen molar-refractivity contribution in [2.75, 3.05) is 0 Å². The first-order chi connectivity index (χ1) is 19.0. The number of rotatable bonds is 6. The normalized spacial score (nSPS) is 30.2. The summed E-state index contributed by atoms with van der Waals surface area (Å²) in [6, 6.07) is 0. The lowest BCUT2D eigenvalue weighted by atomic mass is 9.73. The lowest BCUT2D eigenvalue weighted by molar-refractivity contribution is 0.397. The Morgan fingerprint density at radius 3 is 1.60 bits per heavy atom. The second-order valence-electron chi connectivity index (χ2n) is 14.9. The summed E-state index contributed by atoms with van der Waals surface area (Å²) in [6.07, 6.45) is 14.6. The minimum absolute atomic E-state index is 0.528. The molecule has 6 rings (SSSR count). The molecular weight excluding hydrogens is 491 g/mol. The molecule has 0 amide bonds. The van der Waals surface area contributed by atoms with Crippen molar-refractivity contribution in [1.82, 2.24) is 29.4 Å². The lowest BCUT2D eigenvalue weighted by Crippen LogP contribution is -2.50. The van der Waals surface area contributed by atoms with Gasteiger partial charge in [0.05, 0.1) is 17.3 Å². The van der Waals surface area contributed by atoms with E-state index in [4.69, 9.17) is 15.3 Å². The van der Waals surface area contributed by atoms with Crippen molar-refractivity contribution in [1.29, 1.82) is 0 Å². The van der Waals surface area contributed by atoms with Crippen molar-refractivity contribution in [3.05, 3.63) is 46.7 Å². The van der Waals surface area contributed by atoms with Gasteiger partial charge in [0.1, 0.15) is 5.10 Å². The van der Waals surface area contributed by atoms with Crippen LogP contribution in [0.25, 0.3) is 0 Å². The van der Waals surface area contributed by atoms with Crippen LogP contribution < -0.4 is 5.10 Å². The summed E-state index contributed by atoms with van der Waals surface area (Å²) in [6.45, 7) is 21.3. The maximum Gasteiger partial charge on any atom is 0.374 e. The Morgan fingerprint density at radius 2 is 1.12 bits per heavy atom. The van der Waals surface area contributed by atoms with E-state index in [0.717, 1.165) is 0 Å². The van der Waals surface area contributed by atoms with E-state index in [0.29, 0.717) is 53.3 Å². The van der Waals surface area contributed by atoms with E-state index in [1.807, 2.05) is 0 Å². The molecule has 2 aromatic heterocycles. The minimum atomic E-state index is -1.40. The summed E-state index contributed by atoms with van der Waals surface area (Å²) in [5, 5.41) is 16.3. The molecule has 40 heavy (non-hydrogen) atoms. The van der Waals surface area contributed by atoms with Gasteiger partial charge in [0.25, 0.3) is 5.71 Å². The van der Waals surface area contributed by atoms with Crippen LogP contribution in [0.4, 0.5) is 0 Å². The summed E-state index contributed by atoms with van der Waals surface area (Å²) < 4.78 is 4.59. The number of hydrazone groups is 1. The van der Waals surface area contributed by atoms with Gasteiger partial charge in [-0.3, -0.25) is 0 Å². The standard InChI is InChI=1S/C33H52BN6/c1-19(2)25-13-10-22(7)28-16-38(35-31(25)28)34(39-17-29-23(8)11-14-26(20(3)4)32(29)36-39)40-18-30-24(9)12-15-27(21(5)6)33(30)37-40/h16-27,34H,10-15H2,1-9H3/t22-,23-,24-,25-,26-,27-/m1/s1. The summed E-state index contributed by atoms with van der Waals surface area (Å²) in [5.74, 6) is 5.01. The van der Waals surface area contributed by atoms with Gasteiger partial charge in [-0.15, -0.1) is 0 Å². The Kier molecular flexibility index (Phi) is 7.32. The van der Waals surface area contributed by atoms with Crippen LogP contribution in [-0.4, -0.2) is 37.1 Å². The average molecular weight is 544 g/mol. The number of fused-ring (bicyclic) bond motifs is 3. The third kappa shape index (κ3) is 4.60. The molecule has 1 saturated carbocycles. The second-order valence-corrected chi connectivity index (χ2v) is 14.9. The van der Waals surface area contributed by atoms with E-state index in [9.17, 15) is 0 Å². The first-order valence-corrected chi connectivity index (χ1v) is 16.5. The molecular formula is C33H52BN6. The van der Waals surface area contributed by atoms with E-state index in [1.165, 1.54) is 72.3 Å². The molecule has 0 unspecified atom stereocenters. The summed E-state index contributed by atoms with van der Waals surface area (Å²) >= 11 is 0. The Balaban J connectivity index is 1.50. The van der Waals surface area contributed by atoms with Crippen molar-refractivity contribution in [3.8, 4) is 0 Å².